The maximum Gasteiger partial charge on any atom is 0.169 e. The van der Waals surface area contributed by atoms with E-state index in [0.29, 0.717) is 10.4 Å². The van der Waals surface area contributed by atoms with Crippen LogP contribution >= 0.6 is 15.9 Å². The van der Waals surface area contributed by atoms with Gasteiger partial charge in [0, 0.05) is 0 Å². The summed E-state index contributed by atoms with van der Waals surface area (Å²) in [6.45, 7) is 0. The minimum Gasteiger partial charge on any atom is -0.448 e. The first-order chi connectivity index (χ1) is 7.34. The summed E-state index contributed by atoms with van der Waals surface area (Å²) in [4.78, 5) is 0. The fraction of sp³-hybridized carbons (Fsp3) is 0. The molecule has 0 unspecified atom stereocenters. The molecule has 0 radical (unpaired) electrons. The molecule has 0 aliphatic heterocycles. The largest absolute Gasteiger partial charge is 0.448 e. The highest BCUT2D eigenvalue weighted by atomic mass is 79.9. The molecule has 2 aromatic rings. The van der Waals surface area contributed by atoms with E-state index >= 15 is 0 Å². The third kappa shape index (κ3) is 2.95. The van der Waals surface area contributed by atoms with Gasteiger partial charge in [-0.3, -0.25) is 5.43 Å². The molecule has 2 rings (SSSR count). The van der Waals surface area contributed by atoms with E-state index in [1.54, 1.807) is 6.21 Å². The number of benzene rings is 1. The maximum absolute atomic E-state index is 5.25. The molecule has 4 heteroatoms. The molecule has 0 aliphatic carbocycles. The molecule has 0 amide bonds. The summed E-state index contributed by atoms with van der Waals surface area (Å²) in [5.41, 5.74) is 3.84. The minimum atomic E-state index is 0.698. The van der Waals surface area contributed by atoms with Gasteiger partial charge in [-0.2, -0.15) is 5.10 Å². The fourth-order valence-electron chi connectivity index (χ4n) is 1.08. The van der Waals surface area contributed by atoms with Crippen LogP contribution in [0.4, 0.5) is 5.69 Å². The number of hydrazone groups is 1. The van der Waals surface area contributed by atoms with E-state index in [9.17, 15) is 0 Å². The first-order valence-electron chi connectivity index (χ1n) is 4.44. The Morgan fingerprint density at radius 1 is 1.13 bits per heavy atom. The summed E-state index contributed by atoms with van der Waals surface area (Å²) >= 11 is 3.22. The van der Waals surface area contributed by atoms with E-state index in [4.69, 9.17) is 4.42 Å². The summed E-state index contributed by atoms with van der Waals surface area (Å²) in [5, 5.41) is 4.04. The fourth-order valence-corrected chi connectivity index (χ4v) is 1.40. The predicted molar refractivity (Wildman–Crippen MR) is 64.1 cm³/mol. The Morgan fingerprint density at radius 2 is 1.93 bits per heavy atom. The van der Waals surface area contributed by atoms with Crippen molar-refractivity contribution in [2.75, 3.05) is 5.43 Å². The number of hydrogen-bond donors (Lipinski definition) is 1. The topological polar surface area (TPSA) is 37.5 Å². The molecule has 0 bridgehead atoms. The van der Waals surface area contributed by atoms with E-state index in [1.807, 2.05) is 42.5 Å². The molecule has 0 saturated heterocycles. The predicted octanol–water partition coefficient (Wildman–Crippen LogP) is 3.49. The standard InChI is InChI=1S/C11H9BrN2O/c12-11-7-6-10(15-11)8-13-14-9-4-2-1-3-5-9/h1-8,14H/b13-8+. The van der Waals surface area contributed by atoms with Gasteiger partial charge >= 0.3 is 0 Å². The number of anilines is 1. The highest BCUT2D eigenvalue weighted by Gasteiger charge is 1.94. The van der Waals surface area contributed by atoms with Crippen LogP contribution < -0.4 is 5.43 Å². The second-order valence-corrected chi connectivity index (χ2v) is 3.66. The molecule has 1 heterocycles. The highest BCUT2D eigenvalue weighted by Crippen LogP contribution is 2.12. The van der Waals surface area contributed by atoms with Crippen molar-refractivity contribution in [2.45, 2.75) is 0 Å². The lowest BCUT2D eigenvalue weighted by Crippen LogP contribution is -1.88. The first-order valence-corrected chi connectivity index (χ1v) is 5.23. The third-order valence-electron chi connectivity index (χ3n) is 1.75. The maximum atomic E-state index is 5.25. The molecule has 3 nitrogen and oxygen atoms in total. The number of nitrogens with zero attached hydrogens (tertiary/aromatic N) is 1. The van der Waals surface area contributed by atoms with Gasteiger partial charge in [0.2, 0.25) is 0 Å². The molecule has 0 fully saturated rings. The molecule has 1 N–H and O–H groups in total. The quantitative estimate of drug-likeness (QED) is 0.681. The van der Waals surface area contributed by atoms with Crippen molar-refractivity contribution in [1.29, 1.82) is 0 Å². The Balaban J connectivity index is 1.96. The van der Waals surface area contributed by atoms with Gasteiger partial charge in [-0.15, -0.1) is 0 Å². The zero-order chi connectivity index (χ0) is 10.5. The van der Waals surface area contributed by atoms with Crippen LogP contribution in [0.5, 0.6) is 0 Å². The van der Waals surface area contributed by atoms with Gasteiger partial charge in [0.25, 0.3) is 0 Å². The molecule has 0 saturated carbocycles. The number of rotatable bonds is 3. The van der Waals surface area contributed by atoms with E-state index in [2.05, 4.69) is 26.5 Å². The van der Waals surface area contributed by atoms with E-state index < -0.39 is 0 Å². The van der Waals surface area contributed by atoms with Gasteiger partial charge in [0.15, 0.2) is 4.67 Å². The highest BCUT2D eigenvalue weighted by molar-refractivity contribution is 9.10. The van der Waals surface area contributed by atoms with E-state index in [0.717, 1.165) is 5.69 Å². The van der Waals surface area contributed by atoms with Crippen LogP contribution in [0, 0.1) is 0 Å². The van der Waals surface area contributed by atoms with Gasteiger partial charge in [-0.1, -0.05) is 18.2 Å². The molecular weight excluding hydrogens is 256 g/mol. The van der Waals surface area contributed by atoms with Gasteiger partial charge in [-0.05, 0) is 40.2 Å². The number of para-hydroxylation sites is 1. The second-order valence-electron chi connectivity index (χ2n) is 2.88. The molecule has 0 aliphatic rings. The van der Waals surface area contributed by atoms with Gasteiger partial charge in [0.05, 0.1) is 11.9 Å². The molecular formula is C11H9BrN2O. The minimum absolute atomic E-state index is 0.698. The van der Waals surface area contributed by atoms with Crippen LogP contribution in [-0.4, -0.2) is 6.21 Å². The molecule has 15 heavy (non-hydrogen) atoms. The van der Waals surface area contributed by atoms with Crippen LogP contribution in [-0.2, 0) is 0 Å². The molecule has 0 spiro atoms. The zero-order valence-corrected chi connectivity index (χ0v) is 9.44. The summed E-state index contributed by atoms with van der Waals surface area (Å²) in [5.74, 6) is 0.699. The first kappa shape index (κ1) is 9.98. The lowest BCUT2D eigenvalue weighted by atomic mass is 10.3. The van der Waals surface area contributed by atoms with Gasteiger partial charge in [0.1, 0.15) is 5.76 Å². The van der Waals surface area contributed by atoms with Crippen molar-refractivity contribution in [3.8, 4) is 0 Å². The van der Waals surface area contributed by atoms with Crippen LogP contribution in [0.2, 0.25) is 0 Å². The summed E-state index contributed by atoms with van der Waals surface area (Å²) in [6, 6.07) is 13.4. The SMILES string of the molecule is Brc1ccc(/C=N/Nc2ccccc2)o1. The van der Waals surface area contributed by atoms with Crippen LogP contribution in [0.25, 0.3) is 0 Å². The zero-order valence-electron chi connectivity index (χ0n) is 7.85. The van der Waals surface area contributed by atoms with Crippen LogP contribution in [0.15, 0.2) is 56.7 Å². The van der Waals surface area contributed by atoms with Crippen molar-refractivity contribution in [1.82, 2.24) is 0 Å². The normalized spacial score (nSPS) is 10.7. The number of furan rings is 1. The third-order valence-corrected chi connectivity index (χ3v) is 2.18. The van der Waals surface area contributed by atoms with E-state index in [-0.39, 0.29) is 0 Å². The summed E-state index contributed by atoms with van der Waals surface area (Å²) in [6.07, 6.45) is 1.62. The Bertz CT molecular complexity index is 451. The molecule has 1 aromatic heterocycles. The monoisotopic (exact) mass is 264 g/mol. The lowest BCUT2D eigenvalue weighted by Gasteiger charge is -1.96. The van der Waals surface area contributed by atoms with Crippen molar-refractivity contribution in [2.24, 2.45) is 5.10 Å². The van der Waals surface area contributed by atoms with Crippen molar-refractivity contribution >= 4 is 27.8 Å². The Hall–Kier alpha value is -1.55. The Kier molecular flexibility index (Phi) is 3.19. The lowest BCUT2D eigenvalue weighted by molar-refractivity contribution is 0.534. The summed E-state index contributed by atoms with van der Waals surface area (Å²) in [7, 11) is 0. The van der Waals surface area contributed by atoms with Gasteiger partial charge in [-0.25, -0.2) is 0 Å². The number of nitrogens with one attached hydrogen (secondary N) is 1. The van der Waals surface area contributed by atoms with Crippen molar-refractivity contribution < 1.29 is 4.42 Å². The van der Waals surface area contributed by atoms with Crippen LogP contribution in [0.1, 0.15) is 5.76 Å². The molecule has 76 valence electrons. The van der Waals surface area contributed by atoms with Crippen molar-refractivity contribution in [3.63, 3.8) is 0 Å². The van der Waals surface area contributed by atoms with E-state index in [1.165, 1.54) is 0 Å². The second kappa shape index (κ2) is 4.79. The Morgan fingerprint density at radius 3 is 2.60 bits per heavy atom. The van der Waals surface area contributed by atoms with Crippen molar-refractivity contribution in [3.05, 3.63) is 52.9 Å². The molecule has 1 aromatic carbocycles. The number of halogens is 1. The average molecular weight is 265 g/mol. The summed E-state index contributed by atoms with van der Waals surface area (Å²) < 4.78 is 5.95. The average Bonchev–Trinajstić information content (AvgIpc) is 2.66. The Labute approximate surface area is 95.9 Å². The smallest absolute Gasteiger partial charge is 0.169 e. The molecule has 0 atom stereocenters. The van der Waals surface area contributed by atoms with Crippen LogP contribution in [0.3, 0.4) is 0 Å². The number of hydrogen-bond acceptors (Lipinski definition) is 3. The van der Waals surface area contributed by atoms with Gasteiger partial charge < -0.3 is 4.42 Å².